The zero-order chi connectivity index (χ0) is 13.7. The van der Waals surface area contributed by atoms with Gasteiger partial charge in [-0.3, -0.25) is 9.48 Å². The second-order valence-electron chi connectivity index (χ2n) is 4.18. The van der Waals surface area contributed by atoms with Crippen molar-refractivity contribution in [2.75, 3.05) is 17.6 Å². The van der Waals surface area contributed by atoms with Gasteiger partial charge in [0.05, 0.1) is 16.9 Å². The fourth-order valence-electron chi connectivity index (χ4n) is 1.83. The highest BCUT2D eigenvalue weighted by Crippen LogP contribution is 2.22. The van der Waals surface area contributed by atoms with Gasteiger partial charge >= 0.3 is 0 Å². The molecule has 0 fully saturated rings. The molecule has 5 N–H and O–H groups in total. The van der Waals surface area contributed by atoms with Gasteiger partial charge in [-0.05, 0) is 24.6 Å². The minimum Gasteiger partial charge on any atom is -0.396 e. The molecular formula is C13H17N5O. The van der Waals surface area contributed by atoms with E-state index in [1.54, 1.807) is 18.3 Å². The van der Waals surface area contributed by atoms with Crippen molar-refractivity contribution in [3.8, 4) is 0 Å². The highest BCUT2D eigenvalue weighted by molar-refractivity contribution is 6.00. The number of nitrogens with zero attached hydrogens (tertiary/aromatic N) is 2. The summed E-state index contributed by atoms with van der Waals surface area (Å²) >= 11 is 0. The average Bonchev–Trinajstić information content (AvgIpc) is 2.89. The minimum atomic E-state index is -0.516. The average molecular weight is 259 g/mol. The normalized spacial score (nSPS) is 10.3. The molecule has 0 radical (unpaired) electrons. The Balaban J connectivity index is 1.89. The first kappa shape index (κ1) is 12.9. The Hall–Kier alpha value is -2.50. The standard InChI is InChI=1S/C13H17N5O/c14-12-10(13(15)19)4-1-5-11(12)16-6-2-8-18-9-3-7-17-18/h1,3-5,7,9,16H,2,6,8,14H2,(H2,15,19). The molecular weight excluding hydrogens is 242 g/mol. The molecule has 0 unspecified atom stereocenters. The van der Waals surface area contributed by atoms with Gasteiger partial charge < -0.3 is 16.8 Å². The number of carbonyl (C=O) groups excluding carboxylic acids is 1. The maximum Gasteiger partial charge on any atom is 0.250 e. The molecule has 0 aliphatic heterocycles. The Morgan fingerprint density at radius 3 is 2.89 bits per heavy atom. The number of aryl methyl sites for hydroxylation is 1. The summed E-state index contributed by atoms with van der Waals surface area (Å²) in [7, 11) is 0. The number of carbonyl (C=O) groups is 1. The topological polar surface area (TPSA) is 99.0 Å². The number of nitrogens with two attached hydrogens (primary N) is 2. The molecule has 0 aliphatic carbocycles. The van der Waals surface area contributed by atoms with Crippen LogP contribution in [-0.2, 0) is 6.54 Å². The van der Waals surface area contributed by atoms with Gasteiger partial charge in [0.1, 0.15) is 0 Å². The zero-order valence-electron chi connectivity index (χ0n) is 10.5. The molecule has 0 atom stereocenters. The molecule has 1 amide bonds. The van der Waals surface area contributed by atoms with Crippen LogP contribution in [0.15, 0.2) is 36.7 Å². The molecule has 0 spiro atoms. The molecule has 1 aromatic heterocycles. The summed E-state index contributed by atoms with van der Waals surface area (Å²) in [6, 6.07) is 7.09. The van der Waals surface area contributed by atoms with E-state index in [4.69, 9.17) is 11.5 Å². The number of nitrogens with one attached hydrogen (secondary N) is 1. The van der Waals surface area contributed by atoms with E-state index in [2.05, 4.69) is 10.4 Å². The van der Waals surface area contributed by atoms with Gasteiger partial charge in [-0.25, -0.2) is 0 Å². The Labute approximate surface area is 111 Å². The lowest BCUT2D eigenvalue weighted by Crippen LogP contribution is -2.15. The number of benzene rings is 1. The van der Waals surface area contributed by atoms with E-state index < -0.39 is 5.91 Å². The number of hydrogen-bond donors (Lipinski definition) is 3. The zero-order valence-corrected chi connectivity index (χ0v) is 10.5. The summed E-state index contributed by atoms with van der Waals surface area (Å²) in [6.07, 6.45) is 4.58. The van der Waals surface area contributed by atoms with Crippen LogP contribution in [0.3, 0.4) is 0 Å². The molecule has 1 aromatic carbocycles. The lowest BCUT2D eigenvalue weighted by molar-refractivity contribution is 0.100. The van der Waals surface area contributed by atoms with E-state index in [1.807, 2.05) is 23.0 Å². The van der Waals surface area contributed by atoms with Crippen LogP contribution in [0.25, 0.3) is 0 Å². The molecule has 0 saturated heterocycles. The monoisotopic (exact) mass is 259 g/mol. The van der Waals surface area contributed by atoms with Crippen molar-refractivity contribution < 1.29 is 4.79 Å². The van der Waals surface area contributed by atoms with Gasteiger partial charge in [-0.2, -0.15) is 5.10 Å². The van der Waals surface area contributed by atoms with Crippen LogP contribution in [0.5, 0.6) is 0 Å². The van der Waals surface area contributed by atoms with E-state index in [9.17, 15) is 4.79 Å². The Kier molecular flexibility index (Phi) is 4.02. The van der Waals surface area contributed by atoms with Gasteiger partial charge in [0, 0.05) is 25.5 Å². The largest absolute Gasteiger partial charge is 0.396 e. The Morgan fingerprint density at radius 2 is 2.21 bits per heavy atom. The van der Waals surface area contributed by atoms with Crippen molar-refractivity contribution >= 4 is 17.3 Å². The molecule has 2 rings (SSSR count). The molecule has 6 nitrogen and oxygen atoms in total. The number of nitrogen functional groups attached to an aromatic ring is 1. The van der Waals surface area contributed by atoms with E-state index in [0.717, 1.165) is 25.2 Å². The third-order valence-corrected chi connectivity index (χ3v) is 2.81. The Morgan fingerprint density at radius 1 is 1.37 bits per heavy atom. The first-order valence-electron chi connectivity index (χ1n) is 6.08. The Bertz CT molecular complexity index is 550. The molecule has 1 heterocycles. The van der Waals surface area contributed by atoms with Crippen LogP contribution in [-0.4, -0.2) is 22.2 Å². The molecule has 0 bridgehead atoms. The number of amides is 1. The van der Waals surface area contributed by atoms with Crippen LogP contribution in [0.4, 0.5) is 11.4 Å². The van der Waals surface area contributed by atoms with E-state index in [-0.39, 0.29) is 0 Å². The molecule has 19 heavy (non-hydrogen) atoms. The van der Waals surface area contributed by atoms with Gasteiger partial charge in [-0.15, -0.1) is 0 Å². The molecule has 2 aromatic rings. The van der Waals surface area contributed by atoms with Crippen molar-refractivity contribution in [1.82, 2.24) is 9.78 Å². The van der Waals surface area contributed by atoms with E-state index >= 15 is 0 Å². The number of anilines is 2. The first-order chi connectivity index (χ1) is 9.18. The predicted molar refractivity (Wildman–Crippen MR) is 74.7 cm³/mol. The molecule has 0 saturated carbocycles. The summed E-state index contributed by atoms with van der Waals surface area (Å²) < 4.78 is 1.87. The molecule has 6 heteroatoms. The van der Waals surface area contributed by atoms with Gasteiger partial charge in [-0.1, -0.05) is 6.07 Å². The van der Waals surface area contributed by atoms with Gasteiger partial charge in [0.15, 0.2) is 0 Å². The lowest BCUT2D eigenvalue weighted by atomic mass is 10.1. The summed E-state index contributed by atoms with van der Waals surface area (Å²) in [5, 5.41) is 7.32. The molecule has 100 valence electrons. The summed E-state index contributed by atoms with van der Waals surface area (Å²) in [4.78, 5) is 11.2. The maximum absolute atomic E-state index is 11.2. The van der Waals surface area contributed by atoms with Crippen molar-refractivity contribution in [2.24, 2.45) is 5.73 Å². The van der Waals surface area contributed by atoms with Crippen LogP contribution in [0.2, 0.25) is 0 Å². The number of hydrogen-bond acceptors (Lipinski definition) is 4. The van der Waals surface area contributed by atoms with Crippen molar-refractivity contribution in [3.63, 3.8) is 0 Å². The highest BCUT2D eigenvalue weighted by atomic mass is 16.1. The number of primary amides is 1. The van der Waals surface area contributed by atoms with Gasteiger partial charge in [0.25, 0.3) is 5.91 Å². The maximum atomic E-state index is 11.2. The second kappa shape index (κ2) is 5.90. The van der Waals surface area contributed by atoms with Gasteiger partial charge in [0.2, 0.25) is 0 Å². The third kappa shape index (κ3) is 3.25. The number of para-hydroxylation sites is 1. The van der Waals surface area contributed by atoms with Crippen LogP contribution in [0.1, 0.15) is 16.8 Å². The highest BCUT2D eigenvalue weighted by Gasteiger charge is 2.08. The third-order valence-electron chi connectivity index (χ3n) is 2.81. The fraction of sp³-hybridized carbons (Fsp3) is 0.231. The number of aromatic nitrogens is 2. The van der Waals surface area contributed by atoms with Crippen LogP contribution >= 0.6 is 0 Å². The van der Waals surface area contributed by atoms with Crippen LogP contribution in [0, 0.1) is 0 Å². The fourth-order valence-corrected chi connectivity index (χ4v) is 1.83. The minimum absolute atomic E-state index is 0.345. The smallest absolute Gasteiger partial charge is 0.250 e. The number of rotatable bonds is 6. The lowest BCUT2D eigenvalue weighted by Gasteiger charge is -2.11. The second-order valence-corrected chi connectivity index (χ2v) is 4.18. The summed E-state index contributed by atoms with van der Waals surface area (Å²) in [5.74, 6) is -0.516. The van der Waals surface area contributed by atoms with Crippen molar-refractivity contribution in [3.05, 3.63) is 42.2 Å². The van der Waals surface area contributed by atoms with Crippen molar-refractivity contribution in [2.45, 2.75) is 13.0 Å². The van der Waals surface area contributed by atoms with Crippen molar-refractivity contribution in [1.29, 1.82) is 0 Å². The van der Waals surface area contributed by atoms with E-state index in [0.29, 0.717) is 11.3 Å². The predicted octanol–water partition coefficient (Wildman–Crippen LogP) is 1.07. The molecule has 0 aliphatic rings. The quantitative estimate of drug-likeness (QED) is 0.533. The summed E-state index contributed by atoms with van der Waals surface area (Å²) in [6.45, 7) is 1.57. The van der Waals surface area contributed by atoms with E-state index in [1.165, 1.54) is 0 Å². The SMILES string of the molecule is NC(=O)c1cccc(NCCCn2cccn2)c1N. The summed E-state index contributed by atoms with van der Waals surface area (Å²) in [5.41, 5.74) is 12.6. The first-order valence-corrected chi connectivity index (χ1v) is 6.08. The van der Waals surface area contributed by atoms with Crippen LogP contribution < -0.4 is 16.8 Å².